The Morgan fingerprint density at radius 1 is 1.40 bits per heavy atom. The zero-order chi connectivity index (χ0) is 7.98. The molecule has 0 aliphatic rings. The van der Waals surface area contributed by atoms with E-state index in [0.717, 1.165) is 0 Å². The van der Waals surface area contributed by atoms with E-state index in [0.29, 0.717) is 6.42 Å². The highest BCUT2D eigenvalue weighted by Gasteiger charge is 2.05. The second-order valence-electron chi connectivity index (χ2n) is 2.03. The lowest BCUT2D eigenvalue weighted by Crippen LogP contribution is -2.23. The van der Waals surface area contributed by atoms with Crippen LogP contribution in [0.1, 0.15) is 13.3 Å². The van der Waals surface area contributed by atoms with E-state index in [2.05, 4.69) is 4.74 Å². The van der Waals surface area contributed by atoms with E-state index >= 15 is 0 Å². The van der Waals surface area contributed by atoms with E-state index in [4.69, 9.17) is 15.3 Å². The van der Waals surface area contributed by atoms with Gasteiger partial charge in [0.05, 0.1) is 13.2 Å². The van der Waals surface area contributed by atoms with Crippen molar-refractivity contribution < 1.29 is 20.1 Å². The Kier molecular flexibility index (Phi) is 5.52. The zero-order valence-corrected chi connectivity index (χ0v) is 6.03. The molecule has 4 nitrogen and oxygen atoms in total. The first-order valence-corrected chi connectivity index (χ1v) is 3.29. The quantitative estimate of drug-likeness (QED) is 0.443. The number of hydrogen-bond donors (Lipinski definition) is 3. The fourth-order valence-electron chi connectivity index (χ4n) is 0.393. The number of rotatable bonds is 5. The summed E-state index contributed by atoms with van der Waals surface area (Å²) in [5.74, 6) is 0. The van der Waals surface area contributed by atoms with Crippen molar-refractivity contribution in [1.29, 1.82) is 0 Å². The van der Waals surface area contributed by atoms with Crippen molar-refractivity contribution in [3.8, 4) is 0 Å². The van der Waals surface area contributed by atoms with Crippen molar-refractivity contribution in [2.45, 2.75) is 25.7 Å². The van der Waals surface area contributed by atoms with Gasteiger partial charge in [-0.3, -0.25) is 0 Å². The first-order valence-electron chi connectivity index (χ1n) is 3.29. The third-order valence-corrected chi connectivity index (χ3v) is 1.04. The summed E-state index contributed by atoms with van der Waals surface area (Å²) in [6, 6.07) is 0. The van der Waals surface area contributed by atoms with Gasteiger partial charge < -0.3 is 20.1 Å². The van der Waals surface area contributed by atoms with Gasteiger partial charge in [-0.25, -0.2) is 0 Å². The van der Waals surface area contributed by atoms with Crippen LogP contribution in [0.4, 0.5) is 0 Å². The number of ether oxygens (including phenoxy) is 1. The molecule has 2 unspecified atom stereocenters. The van der Waals surface area contributed by atoms with Crippen LogP contribution in [0.15, 0.2) is 0 Å². The monoisotopic (exact) mass is 150 g/mol. The Balaban J connectivity index is 3.17. The lowest BCUT2D eigenvalue weighted by molar-refractivity contribution is -0.127. The molecule has 0 aromatic carbocycles. The molecule has 0 amide bonds. The van der Waals surface area contributed by atoms with Crippen LogP contribution in [-0.4, -0.2) is 40.9 Å². The van der Waals surface area contributed by atoms with Crippen LogP contribution >= 0.6 is 0 Å². The van der Waals surface area contributed by atoms with E-state index in [1.807, 2.05) is 0 Å². The lowest BCUT2D eigenvalue weighted by Gasteiger charge is -2.11. The van der Waals surface area contributed by atoms with Crippen LogP contribution in [0.2, 0.25) is 0 Å². The van der Waals surface area contributed by atoms with Gasteiger partial charge in [0.2, 0.25) is 0 Å². The van der Waals surface area contributed by atoms with Gasteiger partial charge in [0.1, 0.15) is 6.10 Å². The Bertz CT molecular complexity index is 66.1. The minimum atomic E-state index is -0.888. The third kappa shape index (κ3) is 4.69. The molecule has 0 spiro atoms. The molecule has 0 rings (SSSR count). The molecule has 0 aliphatic heterocycles. The van der Waals surface area contributed by atoms with Crippen molar-refractivity contribution in [3.63, 3.8) is 0 Å². The summed E-state index contributed by atoms with van der Waals surface area (Å²) in [7, 11) is 0. The average Bonchev–Trinajstić information content (AvgIpc) is 1.99. The van der Waals surface area contributed by atoms with E-state index in [-0.39, 0.29) is 13.2 Å². The Labute approximate surface area is 60.1 Å². The molecule has 62 valence electrons. The number of aliphatic hydroxyl groups excluding tert-OH is 3. The van der Waals surface area contributed by atoms with Crippen LogP contribution in [0.25, 0.3) is 0 Å². The molecule has 3 N–H and O–H groups in total. The Morgan fingerprint density at radius 2 is 2.00 bits per heavy atom. The molecule has 0 saturated heterocycles. The van der Waals surface area contributed by atoms with Crippen LogP contribution in [0.5, 0.6) is 0 Å². The minimum Gasteiger partial charge on any atom is -0.394 e. The first-order chi connectivity index (χ1) is 4.70. The highest BCUT2D eigenvalue weighted by atomic mass is 16.6. The summed E-state index contributed by atoms with van der Waals surface area (Å²) in [5, 5.41) is 25.8. The fourth-order valence-corrected chi connectivity index (χ4v) is 0.393. The molecule has 0 heterocycles. The van der Waals surface area contributed by atoms with Crippen LogP contribution in [-0.2, 0) is 4.74 Å². The van der Waals surface area contributed by atoms with Gasteiger partial charge in [0.25, 0.3) is 0 Å². The van der Waals surface area contributed by atoms with Gasteiger partial charge >= 0.3 is 0 Å². The summed E-state index contributed by atoms with van der Waals surface area (Å²) in [5.41, 5.74) is 0. The molecule has 0 radical (unpaired) electrons. The Morgan fingerprint density at radius 3 is 2.40 bits per heavy atom. The van der Waals surface area contributed by atoms with E-state index in [9.17, 15) is 0 Å². The topological polar surface area (TPSA) is 69.9 Å². The van der Waals surface area contributed by atoms with E-state index in [1.54, 1.807) is 6.92 Å². The summed E-state index contributed by atoms with van der Waals surface area (Å²) >= 11 is 0. The predicted molar refractivity (Wildman–Crippen MR) is 35.3 cm³/mol. The molecule has 0 saturated carbocycles. The summed E-state index contributed by atoms with van der Waals surface area (Å²) in [4.78, 5) is 0. The van der Waals surface area contributed by atoms with Crippen molar-refractivity contribution in [2.24, 2.45) is 0 Å². The molecule has 0 aromatic heterocycles. The zero-order valence-electron chi connectivity index (χ0n) is 6.03. The van der Waals surface area contributed by atoms with Gasteiger partial charge in [-0.2, -0.15) is 0 Å². The van der Waals surface area contributed by atoms with E-state index in [1.165, 1.54) is 0 Å². The Hall–Kier alpha value is -0.160. The standard InChI is InChI=1S/C6H14O4/c1-2-6(9)10-4-5(8)3-7/h5-9H,2-4H2,1H3. The summed E-state index contributed by atoms with van der Waals surface area (Å²) in [6.07, 6.45) is -1.24. The fraction of sp³-hybridized carbons (Fsp3) is 1.00. The van der Waals surface area contributed by atoms with Gasteiger partial charge in [-0.1, -0.05) is 6.92 Å². The smallest absolute Gasteiger partial charge is 0.154 e. The second-order valence-corrected chi connectivity index (χ2v) is 2.03. The van der Waals surface area contributed by atoms with Crippen LogP contribution in [0, 0.1) is 0 Å². The largest absolute Gasteiger partial charge is 0.394 e. The maximum Gasteiger partial charge on any atom is 0.154 e. The second kappa shape index (κ2) is 5.61. The molecule has 0 aliphatic carbocycles. The van der Waals surface area contributed by atoms with Crippen LogP contribution in [0.3, 0.4) is 0 Å². The highest BCUT2D eigenvalue weighted by molar-refractivity contribution is 4.49. The number of aliphatic hydroxyl groups is 3. The van der Waals surface area contributed by atoms with Crippen molar-refractivity contribution in [1.82, 2.24) is 0 Å². The molecular weight excluding hydrogens is 136 g/mol. The lowest BCUT2D eigenvalue weighted by atomic mass is 10.4. The highest BCUT2D eigenvalue weighted by Crippen LogP contribution is 1.93. The average molecular weight is 150 g/mol. The molecule has 4 heteroatoms. The summed E-state index contributed by atoms with van der Waals surface area (Å²) < 4.78 is 4.69. The molecule has 0 aromatic rings. The number of hydrogen-bond acceptors (Lipinski definition) is 4. The SMILES string of the molecule is CCC(O)OCC(O)CO. The van der Waals surface area contributed by atoms with Gasteiger partial charge in [0.15, 0.2) is 6.29 Å². The normalized spacial score (nSPS) is 16.8. The van der Waals surface area contributed by atoms with Gasteiger partial charge in [-0.15, -0.1) is 0 Å². The van der Waals surface area contributed by atoms with Crippen molar-refractivity contribution in [3.05, 3.63) is 0 Å². The third-order valence-electron chi connectivity index (χ3n) is 1.04. The van der Waals surface area contributed by atoms with Gasteiger partial charge in [0, 0.05) is 0 Å². The molecule has 0 bridgehead atoms. The first kappa shape index (κ1) is 9.84. The molecule has 2 atom stereocenters. The predicted octanol–water partition coefficient (Wildman–Crippen LogP) is -0.915. The van der Waals surface area contributed by atoms with Crippen molar-refractivity contribution in [2.75, 3.05) is 13.2 Å². The maximum absolute atomic E-state index is 8.79. The van der Waals surface area contributed by atoms with Gasteiger partial charge in [-0.05, 0) is 6.42 Å². The van der Waals surface area contributed by atoms with Crippen LogP contribution < -0.4 is 0 Å². The molecule has 10 heavy (non-hydrogen) atoms. The minimum absolute atomic E-state index is 0.0223. The van der Waals surface area contributed by atoms with E-state index < -0.39 is 12.4 Å². The molecular formula is C6H14O4. The maximum atomic E-state index is 8.79. The van der Waals surface area contributed by atoms with Crippen molar-refractivity contribution >= 4 is 0 Å². The molecule has 0 fully saturated rings. The summed E-state index contributed by atoms with van der Waals surface area (Å²) in [6.45, 7) is 1.40.